The number of amides is 3. The molecular formula is C26H42N4O4. The summed E-state index contributed by atoms with van der Waals surface area (Å²) in [6.45, 7) is 3.18. The van der Waals surface area contributed by atoms with Gasteiger partial charge in [-0.2, -0.15) is 0 Å². The molecule has 2 aliphatic heterocycles. The van der Waals surface area contributed by atoms with Crippen molar-refractivity contribution in [3.8, 4) is 0 Å². The lowest BCUT2D eigenvalue weighted by atomic mass is 9.81. The first-order valence-corrected chi connectivity index (χ1v) is 13.7. The van der Waals surface area contributed by atoms with Gasteiger partial charge in [0.15, 0.2) is 0 Å². The molecule has 190 valence electrons. The van der Waals surface area contributed by atoms with Crippen LogP contribution >= 0.6 is 0 Å². The number of nitrogens with two attached hydrogens (primary N) is 1. The van der Waals surface area contributed by atoms with Crippen molar-refractivity contribution in [1.29, 1.82) is 0 Å². The molecule has 0 radical (unpaired) electrons. The maximum Gasteiger partial charge on any atom is 0.242 e. The van der Waals surface area contributed by atoms with E-state index in [0.717, 1.165) is 58.0 Å². The van der Waals surface area contributed by atoms with Crippen LogP contribution in [0.5, 0.6) is 0 Å². The number of hydrogen-bond donors (Lipinski definition) is 2. The van der Waals surface area contributed by atoms with Crippen LogP contribution < -0.4 is 11.1 Å². The lowest BCUT2D eigenvalue weighted by molar-refractivity contribution is -0.140. The van der Waals surface area contributed by atoms with Crippen LogP contribution in [0.15, 0.2) is 0 Å². The molecule has 5 rings (SSSR count). The highest BCUT2D eigenvalue weighted by molar-refractivity contribution is 5.90. The summed E-state index contributed by atoms with van der Waals surface area (Å²) in [5.74, 6) is 1.42. The summed E-state index contributed by atoms with van der Waals surface area (Å²) in [6.07, 6.45) is 10.9. The van der Waals surface area contributed by atoms with Crippen LogP contribution in [-0.4, -0.2) is 78.5 Å². The molecule has 5 aliphatic rings. The first kappa shape index (κ1) is 24.0. The molecule has 3 N–H and O–H groups in total. The molecule has 3 saturated carbocycles. The monoisotopic (exact) mass is 474 g/mol. The first-order chi connectivity index (χ1) is 16.5. The minimum atomic E-state index is -0.481. The molecule has 2 saturated heterocycles. The molecule has 2 heterocycles. The smallest absolute Gasteiger partial charge is 0.242 e. The van der Waals surface area contributed by atoms with E-state index in [1.165, 1.54) is 12.8 Å². The molecule has 8 nitrogen and oxygen atoms in total. The van der Waals surface area contributed by atoms with Crippen molar-refractivity contribution in [1.82, 2.24) is 15.1 Å². The summed E-state index contributed by atoms with van der Waals surface area (Å²) < 4.78 is 5.85. The molecule has 0 aromatic heterocycles. The quantitative estimate of drug-likeness (QED) is 0.529. The van der Waals surface area contributed by atoms with E-state index >= 15 is 0 Å². The van der Waals surface area contributed by atoms with Crippen LogP contribution in [0.25, 0.3) is 0 Å². The number of carbonyl (C=O) groups is 3. The van der Waals surface area contributed by atoms with Gasteiger partial charge in [-0.1, -0.05) is 6.42 Å². The van der Waals surface area contributed by atoms with E-state index < -0.39 is 6.04 Å². The minimum Gasteiger partial charge on any atom is -0.376 e. The average Bonchev–Trinajstić information content (AvgIpc) is 3.79. The fourth-order valence-corrected chi connectivity index (χ4v) is 6.25. The highest BCUT2D eigenvalue weighted by atomic mass is 16.5. The van der Waals surface area contributed by atoms with Crippen molar-refractivity contribution in [3.63, 3.8) is 0 Å². The molecule has 0 bridgehead atoms. The SMILES string of the molecule is NCC1CCCC(CNC(=O)C2CC(N(CC3CCCO3)C(=O)C3CC3)CN2C(=O)C2CC2)C1. The van der Waals surface area contributed by atoms with E-state index in [2.05, 4.69) is 5.32 Å². The second-order valence-corrected chi connectivity index (χ2v) is 11.4. The zero-order valence-corrected chi connectivity index (χ0v) is 20.5. The van der Waals surface area contributed by atoms with E-state index in [1.807, 2.05) is 4.90 Å². The zero-order valence-electron chi connectivity index (χ0n) is 20.5. The third-order valence-electron chi connectivity index (χ3n) is 8.66. The van der Waals surface area contributed by atoms with Crippen molar-refractivity contribution >= 4 is 17.7 Å². The van der Waals surface area contributed by atoms with E-state index in [1.54, 1.807) is 4.90 Å². The molecule has 34 heavy (non-hydrogen) atoms. The Labute approximate surface area is 203 Å². The fraction of sp³-hybridized carbons (Fsp3) is 0.885. The molecule has 0 spiro atoms. The predicted molar refractivity (Wildman–Crippen MR) is 128 cm³/mol. The van der Waals surface area contributed by atoms with Gasteiger partial charge in [0.25, 0.3) is 0 Å². The van der Waals surface area contributed by atoms with E-state index in [0.29, 0.717) is 44.4 Å². The second kappa shape index (κ2) is 10.5. The number of likely N-dealkylation sites (tertiary alicyclic amines) is 1. The summed E-state index contributed by atoms with van der Waals surface area (Å²) >= 11 is 0. The lowest BCUT2D eigenvalue weighted by Gasteiger charge is -2.31. The molecule has 0 aromatic rings. The first-order valence-electron chi connectivity index (χ1n) is 13.7. The van der Waals surface area contributed by atoms with Gasteiger partial charge in [0.2, 0.25) is 17.7 Å². The van der Waals surface area contributed by atoms with Gasteiger partial charge in [-0.3, -0.25) is 14.4 Å². The Kier molecular flexibility index (Phi) is 7.44. The van der Waals surface area contributed by atoms with Crippen LogP contribution in [0, 0.1) is 23.7 Å². The van der Waals surface area contributed by atoms with Crippen molar-refractivity contribution in [2.45, 2.75) is 88.8 Å². The largest absolute Gasteiger partial charge is 0.376 e. The number of nitrogens with one attached hydrogen (secondary N) is 1. The van der Waals surface area contributed by atoms with Gasteiger partial charge in [-0.25, -0.2) is 0 Å². The summed E-state index contributed by atoms with van der Waals surface area (Å²) in [4.78, 5) is 43.5. The number of rotatable bonds is 9. The van der Waals surface area contributed by atoms with Crippen LogP contribution in [0.4, 0.5) is 0 Å². The maximum atomic E-state index is 13.4. The molecule has 3 aliphatic carbocycles. The number of nitrogens with zero attached hydrogens (tertiary/aromatic N) is 2. The molecule has 0 aromatic carbocycles. The second-order valence-electron chi connectivity index (χ2n) is 11.4. The Morgan fingerprint density at radius 2 is 1.71 bits per heavy atom. The fourth-order valence-electron chi connectivity index (χ4n) is 6.25. The van der Waals surface area contributed by atoms with Crippen molar-refractivity contribution in [3.05, 3.63) is 0 Å². The molecule has 5 atom stereocenters. The standard InChI is InChI=1S/C26H42N4O4/c27-13-17-3-1-4-18(11-17)14-28-24(31)23-12-21(15-30(23)26(33)20-8-9-20)29(25(32)19-6-7-19)16-22-5-2-10-34-22/h17-23H,1-16,27H2,(H,28,31). The summed E-state index contributed by atoms with van der Waals surface area (Å²) in [5, 5.41) is 3.18. The number of ether oxygens (including phenoxy) is 1. The Morgan fingerprint density at radius 1 is 0.941 bits per heavy atom. The van der Waals surface area contributed by atoms with E-state index in [4.69, 9.17) is 10.5 Å². The van der Waals surface area contributed by atoms with Gasteiger partial charge in [-0.15, -0.1) is 0 Å². The normalized spacial score (nSPS) is 33.7. The van der Waals surface area contributed by atoms with Gasteiger partial charge >= 0.3 is 0 Å². The van der Waals surface area contributed by atoms with Crippen molar-refractivity contribution < 1.29 is 19.1 Å². The molecule has 3 amide bonds. The zero-order chi connectivity index (χ0) is 23.7. The Hall–Kier alpha value is -1.67. The minimum absolute atomic E-state index is 0.0534. The Morgan fingerprint density at radius 3 is 2.38 bits per heavy atom. The Bertz CT molecular complexity index is 762. The van der Waals surface area contributed by atoms with Gasteiger partial charge in [0, 0.05) is 38.1 Å². The van der Waals surface area contributed by atoms with Gasteiger partial charge in [-0.05, 0) is 82.6 Å². The van der Waals surface area contributed by atoms with E-state index in [9.17, 15) is 14.4 Å². The number of carbonyl (C=O) groups excluding carboxylic acids is 3. The molecule has 5 unspecified atom stereocenters. The summed E-state index contributed by atoms with van der Waals surface area (Å²) in [6, 6.07) is -0.585. The van der Waals surface area contributed by atoms with Crippen molar-refractivity contribution in [2.75, 3.05) is 32.8 Å². The van der Waals surface area contributed by atoms with Gasteiger partial charge in [0.05, 0.1) is 12.1 Å². The van der Waals surface area contributed by atoms with E-state index in [-0.39, 0.29) is 41.7 Å². The Balaban J connectivity index is 1.25. The highest BCUT2D eigenvalue weighted by Crippen LogP contribution is 2.37. The molecular weight excluding hydrogens is 432 g/mol. The third kappa shape index (κ3) is 5.59. The van der Waals surface area contributed by atoms with Gasteiger partial charge in [0.1, 0.15) is 6.04 Å². The molecule has 5 fully saturated rings. The topological polar surface area (TPSA) is 105 Å². The highest BCUT2D eigenvalue weighted by Gasteiger charge is 2.48. The number of hydrogen-bond acceptors (Lipinski definition) is 5. The van der Waals surface area contributed by atoms with Gasteiger partial charge < -0.3 is 25.6 Å². The average molecular weight is 475 g/mol. The lowest BCUT2D eigenvalue weighted by Crippen LogP contribution is -2.48. The summed E-state index contributed by atoms with van der Waals surface area (Å²) in [5.41, 5.74) is 5.89. The maximum absolute atomic E-state index is 13.4. The van der Waals surface area contributed by atoms with Crippen LogP contribution in [0.1, 0.15) is 70.6 Å². The van der Waals surface area contributed by atoms with Crippen molar-refractivity contribution in [2.24, 2.45) is 29.4 Å². The third-order valence-corrected chi connectivity index (χ3v) is 8.66. The predicted octanol–water partition coefficient (Wildman–Crippen LogP) is 1.66. The summed E-state index contributed by atoms with van der Waals surface area (Å²) in [7, 11) is 0. The molecule has 8 heteroatoms. The van der Waals surface area contributed by atoms with Crippen LogP contribution in [-0.2, 0) is 19.1 Å². The van der Waals surface area contributed by atoms with Crippen LogP contribution in [0.3, 0.4) is 0 Å². The van der Waals surface area contributed by atoms with Crippen LogP contribution in [0.2, 0.25) is 0 Å².